The van der Waals surface area contributed by atoms with Gasteiger partial charge in [-0.05, 0) is 18.9 Å². The molecule has 0 spiro atoms. The van der Waals surface area contributed by atoms with Crippen molar-refractivity contribution in [1.82, 2.24) is 0 Å². The summed E-state index contributed by atoms with van der Waals surface area (Å²) in [5.41, 5.74) is 2.51. The molecule has 0 heterocycles. The van der Waals surface area contributed by atoms with E-state index >= 15 is 0 Å². The molecule has 0 radical (unpaired) electrons. The van der Waals surface area contributed by atoms with Crippen molar-refractivity contribution in [2.45, 2.75) is 25.6 Å². The van der Waals surface area contributed by atoms with E-state index < -0.39 is 0 Å². The highest BCUT2D eigenvalue weighted by atomic mass is 35.5. The van der Waals surface area contributed by atoms with Crippen LogP contribution < -0.4 is 0 Å². The predicted molar refractivity (Wildman–Crippen MR) is 50.1 cm³/mol. The molecular weight excluding hydrogens is 156 g/mol. The largest absolute Gasteiger partial charge is 0.118 e. The second-order valence-electron chi connectivity index (χ2n) is 2.79. The van der Waals surface area contributed by atoms with Gasteiger partial charge in [0.05, 0.1) is 5.38 Å². The molecule has 1 rings (SSSR count). The van der Waals surface area contributed by atoms with E-state index in [0.29, 0.717) is 0 Å². The van der Waals surface area contributed by atoms with Crippen molar-refractivity contribution in [3.8, 4) is 0 Å². The molecule has 0 fully saturated rings. The van der Waals surface area contributed by atoms with Gasteiger partial charge in [-0.1, -0.05) is 36.8 Å². The van der Waals surface area contributed by atoms with Crippen LogP contribution in [-0.2, 0) is 0 Å². The van der Waals surface area contributed by atoms with E-state index in [0.717, 1.165) is 6.42 Å². The van der Waals surface area contributed by atoms with Crippen LogP contribution in [0.2, 0.25) is 0 Å². The Morgan fingerprint density at radius 1 is 1.27 bits per heavy atom. The average Bonchev–Trinajstić information content (AvgIpc) is 2.05. The molecule has 0 bridgehead atoms. The lowest BCUT2D eigenvalue weighted by Crippen LogP contribution is -1.86. The highest BCUT2D eigenvalue weighted by molar-refractivity contribution is 6.20. The Morgan fingerprint density at radius 2 is 1.82 bits per heavy atom. The van der Waals surface area contributed by atoms with Crippen molar-refractivity contribution in [1.29, 1.82) is 0 Å². The maximum Gasteiger partial charge on any atom is 0.0582 e. The highest BCUT2D eigenvalue weighted by Crippen LogP contribution is 2.23. The third kappa shape index (κ3) is 2.23. The Morgan fingerprint density at radius 3 is 2.27 bits per heavy atom. The topological polar surface area (TPSA) is 0 Å². The molecule has 11 heavy (non-hydrogen) atoms. The van der Waals surface area contributed by atoms with E-state index in [1.165, 1.54) is 11.1 Å². The number of halogens is 1. The van der Waals surface area contributed by atoms with E-state index in [1.807, 2.05) is 0 Å². The van der Waals surface area contributed by atoms with Crippen LogP contribution in [0.3, 0.4) is 0 Å². The minimum Gasteiger partial charge on any atom is -0.118 e. The van der Waals surface area contributed by atoms with Gasteiger partial charge in [0.1, 0.15) is 0 Å². The van der Waals surface area contributed by atoms with Crippen molar-refractivity contribution in [3.63, 3.8) is 0 Å². The molecule has 0 amide bonds. The molecule has 0 N–H and O–H groups in total. The van der Waals surface area contributed by atoms with Gasteiger partial charge in [-0.15, -0.1) is 11.6 Å². The molecule has 1 atom stereocenters. The fourth-order valence-electron chi connectivity index (χ4n) is 1.01. The molecule has 0 nitrogen and oxygen atoms in total. The normalized spacial score (nSPS) is 13.0. The van der Waals surface area contributed by atoms with Crippen LogP contribution >= 0.6 is 11.6 Å². The minimum absolute atomic E-state index is 0.176. The van der Waals surface area contributed by atoms with Gasteiger partial charge >= 0.3 is 0 Å². The highest BCUT2D eigenvalue weighted by Gasteiger charge is 2.02. The molecule has 60 valence electrons. The fraction of sp³-hybridized carbons (Fsp3) is 0.400. The van der Waals surface area contributed by atoms with E-state index in [-0.39, 0.29) is 5.38 Å². The van der Waals surface area contributed by atoms with Gasteiger partial charge in [-0.3, -0.25) is 0 Å². The van der Waals surface area contributed by atoms with Crippen LogP contribution in [-0.4, -0.2) is 0 Å². The van der Waals surface area contributed by atoms with Crippen LogP contribution in [0.4, 0.5) is 0 Å². The van der Waals surface area contributed by atoms with E-state index in [1.54, 1.807) is 0 Å². The summed E-state index contributed by atoms with van der Waals surface area (Å²) in [5, 5.41) is 0.176. The second-order valence-corrected chi connectivity index (χ2v) is 3.31. The Kier molecular flexibility index (Phi) is 2.95. The van der Waals surface area contributed by atoms with Crippen LogP contribution in [0.1, 0.15) is 29.8 Å². The molecule has 1 aromatic carbocycles. The number of hydrogen-bond donors (Lipinski definition) is 0. The van der Waals surface area contributed by atoms with Crippen molar-refractivity contribution < 1.29 is 0 Å². The summed E-state index contributed by atoms with van der Waals surface area (Å²) in [5.74, 6) is 0. The van der Waals surface area contributed by atoms with E-state index in [4.69, 9.17) is 11.6 Å². The summed E-state index contributed by atoms with van der Waals surface area (Å²) in [6, 6.07) is 8.38. The number of alkyl halides is 1. The predicted octanol–water partition coefficient (Wildman–Crippen LogP) is 3.68. The zero-order valence-electron chi connectivity index (χ0n) is 6.97. The fourth-order valence-corrected chi connectivity index (χ4v) is 1.16. The van der Waals surface area contributed by atoms with Crippen LogP contribution in [0, 0.1) is 6.92 Å². The lowest BCUT2D eigenvalue weighted by atomic mass is 10.1. The van der Waals surface area contributed by atoms with Crippen LogP contribution in [0.5, 0.6) is 0 Å². The Bertz CT molecular complexity index is 213. The van der Waals surface area contributed by atoms with Gasteiger partial charge < -0.3 is 0 Å². The van der Waals surface area contributed by atoms with Gasteiger partial charge in [-0.2, -0.15) is 0 Å². The second kappa shape index (κ2) is 3.77. The van der Waals surface area contributed by atoms with Crippen molar-refractivity contribution in [2.75, 3.05) is 0 Å². The summed E-state index contributed by atoms with van der Waals surface area (Å²) in [6.07, 6.45) is 0.991. The lowest BCUT2D eigenvalue weighted by Gasteiger charge is -2.05. The lowest BCUT2D eigenvalue weighted by molar-refractivity contribution is 0.883. The first-order valence-electron chi connectivity index (χ1n) is 3.94. The average molecular weight is 169 g/mol. The summed E-state index contributed by atoms with van der Waals surface area (Å²) in [6.45, 7) is 4.18. The number of aryl methyl sites for hydroxylation is 1. The Balaban J connectivity index is 2.81. The van der Waals surface area contributed by atoms with Gasteiger partial charge in [0.15, 0.2) is 0 Å². The van der Waals surface area contributed by atoms with Crippen molar-refractivity contribution in [2.24, 2.45) is 0 Å². The van der Waals surface area contributed by atoms with Gasteiger partial charge in [0, 0.05) is 0 Å². The molecule has 0 aliphatic rings. The van der Waals surface area contributed by atoms with Gasteiger partial charge in [0.25, 0.3) is 0 Å². The first-order chi connectivity index (χ1) is 5.24. The van der Waals surface area contributed by atoms with Crippen molar-refractivity contribution in [3.05, 3.63) is 35.4 Å². The molecule has 0 aliphatic heterocycles. The SMILES string of the molecule is CC[C@H](Cl)c1ccc(C)cc1. The monoisotopic (exact) mass is 168 g/mol. The molecule has 0 saturated heterocycles. The third-order valence-corrected chi connectivity index (χ3v) is 2.36. The van der Waals surface area contributed by atoms with Crippen LogP contribution in [0.25, 0.3) is 0 Å². The zero-order valence-corrected chi connectivity index (χ0v) is 7.73. The molecule has 0 aliphatic carbocycles. The minimum atomic E-state index is 0.176. The van der Waals surface area contributed by atoms with Crippen LogP contribution in [0.15, 0.2) is 24.3 Å². The maximum atomic E-state index is 6.04. The Labute approximate surface area is 73.2 Å². The summed E-state index contributed by atoms with van der Waals surface area (Å²) in [4.78, 5) is 0. The molecule has 1 aromatic rings. The first-order valence-corrected chi connectivity index (χ1v) is 4.38. The first kappa shape index (κ1) is 8.61. The number of benzene rings is 1. The quantitative estimate of drug-likeness (QED) is 0.591. The van der Waals surface area contributed by atoms with E-state index in [9.17, 15) is 0 Å². The molecule has 0 aromatic heterocycles. The number of hydrogen-bond acceptors (Lipinski definition) is 0. The Hall–Kier alpha value is -0.490. The van der Waals surface area contributed by atoms with Gasteiger partial charge in [0.2, 0.25) is 0 Å². The maximum absolute atomic E-state index is 6.04. The smallest absolute Gasteiger partial charge is 0.0582 e. The van der Waals surface area contributed by atoms with Gasteiger partial charge in [-0.25, -0.2) is 0 Å². The van der Waals surface area contributed by atoms with E-state index in [2.05, 4.69) is 38.1 Å². The van der Waals surface area contributed by atoms with Crippen molar-refractivity contribution >= 4 is 11.6 Å². The molecule has 0 saturated carbocycles. The summed E-state index contributed by atoms with van der Waals surface area (Å²) in [7, 11) is 0. The molecule has 1 heteroatoms. The molecule has 0 unspecified atom stereocenters. The number of rotatable bonds is 2. The summed E-state index contributed by atoms with van der Waals surface area (Å²) >= 11 is 6.04. The zero-order chi connectivity index (χ0) is 8.27. The standard InChI is InChI=1S/C10H13Cl/c1-3-10(11)9-6-4-8(2)5-7-9/h4-7,10H,3H2,1-2H3/t10-/m0/s1. The summed E-state index contributed by atoms with van der Waals surface area (Å²) < 4.78 is 0. The molecular formula is C10H13Cl. The third-order valence-electron chi connectivity index (χ3n) is 1.80.